The van der Waals surface area contributed by atoms with Crippen LogP contribution in [-0.4, -0.2) is 55.0 Å². The lowest BCUT2D eigenvalue weighted by atomic mass is 10.2. The number of fused-ring (bicyclic) bond motifs is 1. The molecule has 1 fully saturated rings. The molecule has 0 saturated carbocycles. The Balaban J connectivity index is 1.62. The maximum atomic E-state index is 13.3. The van der Waals surface area contributed by atoms with Crippen LogP contribution in [0.5, 0.6) is 17.2 Å². The molecule has 1 N–H and O–H groups in total. The summed E-state index contributed by atoms with van der Waals surface area (Å²) in [5, 5.41) is 0.882. The number of para-hydroxylation sites is 1. The summed E-state index contributed by atoms with van der Waals surface area (Å²) < 4.78 is 16.2. The number of carbonyl (C=O) groups excluding carboxylic acids is 4. The Morgan fingerprint density at radius 3 is 2.59 bits per heavy atom. The molecular weight excluding hydrogens is 442 g/mol. The average Bonchev–Trinajstić information content (AvgIpc) is 3.15. The molecule has 4 amide bonds. The third-order valence-corrected chi connectivity index (χ3v) is 5.34. The normalized spacial score (nSPS) is 17.1. The fraction of sp³-hybridized carbons (Fsp3) is 0.250. The lowest BCUT2D eigenvalue weighted by molar-refractivity contribution is -0.137. The zero-order valence-corrected chi connectivity index (χ0v) is 18.6. The highest BCUT2D eigenvalue weighted by Gasteiger charge is 2.45. The van der Waals surface area contributed by atoms with Crippen LogP contribution in [0.3, 0.4) is 0 Å². The number of imide groups is 1. The molecule has 0 spiro atoms. The van der Waals surface area contributed by atoms with Crippen molar-refractivity contribution in [3.05, 3.63) is 60.2 Å². The Bertz CT molecular complexity index is 1180. The van der Waals surface area contributed by atoms with Gasteiger partial charge >= 0.3 is 0 Å². The van der Waals surface area contributed by atoms with Gasteiger partial charge in [0.25, 0.3) is 17.7 Å². The largest absolute Gasteiger partial charge is 0.496 e. The Kier molecular flexibility index (Phi) is 6.48. The summed E-state index contributed by atoms with van der Waals surface area (Å²) in [7, 11) is 1.42. The average molecular weight is 465 g/mol. The van der Waals surface area contributed by atoms with Gasteiger partial charge in [-0.15, -0.1) is 0 Å². The number of hydrogen-bond donors (Lipinski definition) is 1. The number of methoxy groups -OCH3 is 1. The second kappa shape index (κ2) is 9.65. The molecule has 2 aromatic rings. The van der Waals surface area contributed by atoms with E-state index < -0.39 is 29.7 Å². The van der Waals surface area contributed by atoms with Crippen LogP contribution in [0.15, 0.2) is 54.6 Å². The number of hydrogen-bond acceptors (Lipinski definition) is 7. The molecule has 176 valence electrons. The standard InChI is InChI=1S/C24H23N3O7/c1-3-6-21(28)27(25-23(30)16-7-4-5-8-18(16)32-2)17-14-22(29)26(24(17)31)15-9-10-19-20(13-15)34-12-11-33-19/h3-10,13,17H,11-12,14H2,1-2H3,(H,25,30). The van der Waals surface area contributed by atoms with Gasteiger partial charge in [-0.25, -0.2) is 9.91 Å². The van der Waals surface area contributed by atoms with Crippen LogP contribution in [0.1, 0.15) is 23.7 Å². The first-order valence-electron chi connectivity index (χ1n) is 10.6. The summed E-state index contributed by atoms with van der Waals surface area (Å²) in [6.45, 7) is 2.38. The van der Waals surface area contributed by atoms with Gasteiger partial charge in [0.05, 0.1) is 24.8 Å². The number of allylic oxidation sites excluding steroid dienone is 1. The second-order valence-electron chi connectivity index (χ2n) is 7.46. The lowest BCUT2D eigenvalue weighted by Gasteiger charge is -2.27. The van der Waals surface area contributed by atoms with Gasteiger partial charge in [0, 0.05) is 12.1 Å². The minimum atomic E-state index is -1.23. The van der Waals surface area contributed by atoms with E-state index in [9.17, 15) is 19.2 Å². The maximum absolute atomic E-state index is 13.3. The van der Waals surface area contributed by atoms with Gasteiger partial charge < -0.3 is 14.2 Å². The molecule has 2 aliphatic heterocycles. The van der Waals surface area contributed by atoms with Crippen molar-refractivity contribution in [3.63, 3.8) is 0 Å². The van der Waals surface area contributed by atoms with E-state index in [1.165, 1.54) is 31.4 Å². The Morgan fingerprint density at radius 2 is 1.85 bits per heavy atom. The minimum Gasteiger partial charge on any atom is -0.496 e. The highest BCUT2D eigenvalue weighted by atomic mass is 16.6. The fourth-order valence-electron chi connectivity index (χ4n) is 3.77. The van der Waals surface area contributed by atoms with Crippen LogP contribution in [-0.2, 0) is 14.4 Å². The molecule has 2 heterocycles. The fourth-order valence-corrected chi connectivity index (χ4v) is 3.77. The van der Waals surface area contributed by atoms with Gasteiger partial charge in [0.1, 0.15) is 25.0 Å². The third kappa shape index (κ3) is 4.29. The highest BCUT2D eigenvalue weighted by molar-refractivity contribution is 6.23. The lowest BCUT2D eigenvalue weighted by Crippen LogP contribution is -2.54. The summed E-state index contributed by atoms with van der Waals surface area (Å²) >= 11 is 0. The number of nitrogens with zero attached hydrogens (tertiary/aromatic N) is 2. The molecule has 10 heteroatoms. The van der Waals surface area contributed by atoms with Gasteiger partial charge in [0.2, 0.25) is 5.91 Å². The van der Waals surface area contributed by atoms with E-state index in [0.717, 1.165) is 9.91 Å². The Labute approximate surface area is 195 Å². The SMILES string of the molecule is CC=CC(=O)N(NC(=O)c1ccccc1OC)C1CC(=O)N(c2ccc3c(c2)OCCO3)C1=O. The zero-order valence-electron chi connectivity index (χ0n) is 18.6. The summed E-state index contributed by atoms with van der Waals surface area (Å²) in [6, 6.07) is 9.95. The minimum absolute atomic E-state index is 0.170. The number of anilines is 1. The van der Waals surface area contributed by atoms with E-state index >= 15 is 0 Å². The summed E-state index contributed by atoms with van der Waals surface area (Å²) in [6.07, 6.45) is 2.38. The van der Waals surface area contributed by atoms with Gasteiger partial charge in [-0.2, -0.15) is 0 Å². The van der Waals surface area contributed by atoms with Crippen LogP contribution < -0.4 is 24.5 Å². The van der Waals surface area contributed by atoms with Gasteiger partial charge in [-0.3, -0.25) is 24.6 Å². The monoisotopic (exact) mass is 465 g/mol. The van der Waals surface area contributed by atoms with Crippen LogP contribution in [0.4, 0.5) is 5.69 Å². The number of benzene rings is 2. The molecule has 0 aliphatic carbocycles. The van der Waals surface area contributed by atoms with Crippen molar-refractivity contribution < 1.29 is 33.4 Å². The molecule has 2 aromatic carbocycles. The molecule has 1 saturated heterocycles. The molecule has 1 unspecified atom stereocenters. The van der Waals surface area contributed by atoms with Crippen molar-refractivity contribution in [2.75, 3.05) is 25.2 Å². The van der Waals surface area contributed by atoms with Crippen LogP contribution in [0.2, 0.25) is 0 Å². The molecule has 34 heavy (non-hydrogen) atoms. The van der Waals surface area contributed by atoms with E-state index in [0.29, 0.717) is 30.5 Å². The highest BCUT2D eigenvalue weighted by Crippen LogP contribution is 2.36. The molecule has 4 rings (SSSR count). The van der Waals surface area contributed by atoms with E-state index in [4.69, 9.17) is 14.2 Å². The topological polar surface area (TPSA) is 114 Å². The summed E-state index contributed by atoms with van der Waals surface area (Å²) in [5.41, 5.74) is 2.93. The van der Waals surface area contributed by atoms with Crippen LogP contribution >= 0.6 is 0 Å². The molecule has 0 bridgehead atoms. The number of amides is 4. The van der Waals surface area contributed by atoms with E-state index in [1.807, 2.05) is 0 Å². The van der Waals surface area contributed by atoms with Gasteiger partial charge in [0.15, 0.2) is 11.5 Å². The Morgan fingerprint density at radius 1 is 1.12 bits per heavy atom. The molecule has 1 atom stereocenters. The summed E-state index contributed by atoms with van der Waals surface area (Å²) in [5.74, 6) is -1.26. The molecule has 10 nitrogen and oxygen atoms in total. The van der Waals surface area contributed by atoms with Gasteiger partial charge in [-0.05, 0) is 31.2 Å². The zero-order chi connectivity index (χ0) is 24.2. The number of nitrogens with one attached hydrogen (secondary N) is 1. The van der Waals surface area contributed by atoms with Crippen molar-refractivity contribution in [1.82, 2.24) is 10.4 Å². The predicted molar refractivity (Wildman–Crippen MR) is 120 cm³/mol. The number of hydrazine groups is 1. The van der Waals surface area contributed by atoms with Crippen LogP contribution in [0, 0.1) is 0 Å². The predicted octanol–water partition coefficient (Wildman–Crippen LogP) is 1.85. The number of carbonyl (C=O) groups is 4. The molecule has 0 aromatic heterocycles. The molecule has 2 aliphatic rings. The second-order valence-corrected chi connectivity index (χ2v) is 7.46. The van der Waals surface area contributed by atoms with Crippen molar-refractivity contribution >= 4 is 29.3 Å². The first-order valence-corrected chi connectivity index (χ1v) is 10.6. The van der Waals surface area contributed by atoms with Crippen molar-refractivity contribution in [1.29, 1.82) is 0 Å². The molecular formula is C24H23N3O7. The smallest absolute Gasteiger partial charge is 0.273 e. The van der Waals surface area contributed by atoms with Crippen LogP contribution in [0.25, 0.3) is 0 Å². The van der Waals surface area contributed by atoms with Gasteiger partial charge in [-0.1, -0.05) is 18.2 Å². The quantitative estimate of drug-likeness (QED) is 0.407. The number of rotatable bonds is 5. The Hall–Kier alpha value is -4.34. The van der Waals surface area contributed by atoms with Crippen molar-refractivity contribution in [3.8, 4) is 17.2 Å². The maximum Gasteiger partial charge on any atom is 0.273 e. The number of ether oxygens (including phenoxy) is 3. The molecule has 0 radical (unpaired) electrons. The first kappa shape index (κ1) is 22.8. The van der Waals surface area contributed by atoms with Crippen molar-refractivity contribution in [2.24, 2.45) is 0 Å². The van der Waals surface area contributed by atoms with E-state index in [1.54, 1.807) is 37.3 Å². The summed E-state index contributed by atoms with van der Waals surface area (Å²) in [4.78, 5) is 52.9. The van der Waals surface area contributed by atoms with E-state index in [-0.39, 0.29) is 17.7 Å². The van der Waals surface area contributed by atoms with E-state index in [2.05, 4.69) is 5.43 Å². The van der Waals surface area contributed by atoms with Crippen molar-refractivity contribution in [2.45, 2.75) is 19.4 Å². The first-order chi connectivity index (χ1) is 16.4. The third-order valence-electron chi connectivity index (χ3n) is 5.34.